The van der Waals surface area contributed by atoms with E-state index < -0.39 is 18.1 Å². The highest BCUT2D eigenvalue weighted by atomic mass is 16.6. The highest BCUT2D eigenvalue weighted by molar-refractivity contribution is 5.85. The van der Waals surface area contributed by atoms with Crippen molar-refractivity contribution in [3.05, 3.63) is 71.8 Å². The third kappa shape index (κ3) is 3.69. The summed E-state index contributed by atoms with van der Waals surface area (Å²) in [4.78, 5) is 25.4. The molecule has 5 nitrogen and oxygen atoms in total. The number of carbonyl (C=O) groups excluding carboxylic acids is 2. The van der Waals surface area contributed by atoms with Crippen LogP contribution in [0.1, 0.15) is 11.1 Å². The first-order chi connectivity index (χ1) is 11.2. The molecule has 2 aromatic carbocycles. The molecule has 23 heavy (non-hydrogen) atoms. The van der Waals surface area contributed by atoms with Crippen LogP contribution in [0.5, 0.6) is 0 Å². The fraction of sp³-hybridized carbons (Fsp3) is 0.222. The van der Waals surface area contributed by atoms with Crippen LogP contribution in [0, 0.1) is 0 Å². The second kappa shape index (κ2) is 6.96. The number of rotatable bonds is 5. The van der Waals surface area contributed by atoms with Crippen molar-refractivity contribution in [2.75, 3.05) is 6.61 Å². The SMILES string of the molecule is O=C1OC[C@@H]1N(Cc1ccccc1)C(=O)OCc1ccccc1. The molecule has 3 rings (SSSR count). The summed E-state index contributed by atoms with van der Waals surface area (Å²) in [6.45, 7) is 0.701. The summed E-state index contributed by atoms with van der Waals surface area (Å²) in [6, 6.07) is 18.4. The fourth-order valence-corrected chi connectivity index (χ4v) is 2.33. The molecule has 0 spiro atoms. The van der Waals surface area contributed by atoms with Gasteiger partial charge in [-0.05, 0) is 11.1 Å². The monoisotopic (exact) mass is 311 g/mol. The number of benzene rings is 2. The molecule has 1 saturated heterocycles. The van der Waals surface area contributed by atoms with Crippen molar-refractivity contribution >= 4 is 12.1 Å². The highest BCUT2D eigenvalue weighted by Crippen LogP contribution is 2.18. The Morgan fingerprint density at radius 1 is 1.04 bits per heavy atom. The van der Waals surface area contributed by atoms with E-state index in [1.54, 1.807) is 0 Å². The largest absolute Gasteiger partial charge is 0.461 e. The van der Waals surface area contributed by atoms with Gasteiger partial charge in [-0.3, -0.25) is 4.90 Å². The molecular formula is C18H17NO4. The summed E-state index contributed by atoms with van der Waals surface area (Å²) in [5.74, 6) is -0.391. The minimum Gasteiger partial charge on any atom is -0.461 e. The van der Waals surface area contributed by atoms with Crippen LogP contribution in [-0.4, -0.2) is 29.6 Å². The summed E-state index contributed by atoms with van der Waals surface area (Å²) in [5, 5.41) is 0. The molecule has 0 saturated carbocycles. The lowest BCUT2D eigenvalue weighted by Gasteiger charge is -2.34. The van der Waals surface area contributed by atoms with E-state index in [0.29, 0.717) is 6.54 Å². The smallest absolute Gasteiger partial charge is 0.411 e. The van der Waals surface area contributed by atoms with Gasteiger partial charge in [0.1, 0.15) is 13.2 Å². The van der Waals surface area contributed by atoms with E-state index in [2.05, 4.69) is 0 Å². The maximum Gasteiger partial charge on any atom is 0.411 e. The lowest BCUT2D eigenvalue weighted by molar-refractivity contribution is -0.170. The number of hydrogen-bond acceptors (Lipinski definition) is 4. The maximum absolute atomic E-state index is 12.4. The van der Waals surface area contributed by atoms with Gasteiger partial charge in [0.05, 0.1) is 6.54 Å². The molecule has 0 aromatic heterocycles. The molecule has 1 heterocycles. The van der Waals surface area contributed by atoms with Crippen molar-refractivity contribution in [1.82, 2.24) is 4.90 Å². The van der Waals surface area contributed by atoms with Gasteiger partial charge in [0.25, 0.3) is 0 Å². The van der Waals surface area contributed by atoms with E-state index in [9.17, 15) is 9.59 Å². The summed E-state index contributed by atoms with van der Waals surface area (Å²) in [6.07, 6.45) is -0.514. The Morgan fingerprint density at radius 2 is 1.65 bits per heavy atom. The first-order valence-electron chi connectivity index (χ1n) is 7.42. The molecule has 1 aliphatic heterocycles. The Kier molecular flexibility index (Phi) is 4.57. The van der Waals surface area contributed by atoms with Crippen LogP contribution in [0.4, 0.5) is 4.79 Å². The zero-order valence-electron chi connectivity index (χ0n) is 12.6. The van der Waals surface area contributed by atoms with Gasteiger partial charge in [-0.2, -0.15) is 0 Å². The van der Waals surface area contributed by atoms with Crippen LogP contribution in [0.15, 0.2) is 60.7 Å². The van der Waals surface area contributed by atoms with Crippen molar-refractivity contribution in [2.24, 2.45) is 0 Å². The van der Waals surface area contributed by atoms with Crippen molar-refractivity contribution in [3.63, 3.8) is 0 Å². The molecule has 0 unspecified atom stereocenters. The van der Waals surface area contributed by atoms with E-state index in [-0.39, 0.29) is 13.2 Å². The molecule has 0 bridgehead atoms. The number of amides is 1. The predicted octanol–water partition coefficient (Wildman–Crippen LogP) is 2.75. The van der Waals surface area contributed by atoms with Gasteiger partial charge in [0.2, 0.25) is 0 Å². The molecule has 1 atom stereocenters. The topological polar surface area (TPSA) is 55.8 Å². The van der Waals surface area contributed by atoms with Crippen LogP contribution in [0.2, 0.25) is 0 Å². The lowest BCUT2D eigenvalue weighted by atomic mass is 10.1. The zero-order chi connectivity index (χ0) is 16.1. The molecule has 118 valence electrons. The predicted molar refractivity (Wildman–Crippen MR) is 83.4 cm³/mol. The lowest BCUT2D eigenvalue weighted by Crippen LogP contribution is -2.55. The minimum atomic E-state index is -0.571. The Bertz CT molecular complexity index is 672. The first-order valence-corrected chi connectivity index (χ1v) is 7.42. The van der Waals surface area contributed by atoms with Crippen molar-refractivity contribution < 1.29 is 19.1 Å². The Hall–Kier alpha value is -2.82. The first kappa shape index (κ1) is 15.1. The molecule has 1 fully saturated rings. The van der Waals surface area contributed by atoms with Gasteiger partial charge in [-0.1, -0.05) is 60.7 Å². The van der Waals surface area contributed by atoms with Gasteiger partial charge in [-0.15, -0.1) is 0 Å². The number of cyclic esters (lactones) is 1. The summed E-state index contributed by atoms with van der Waals surface area (Å²) in [7, 11) is 0. The Balaban J connectivity index is 1.67. The van der Waals surface area contributed by atoms with E-state index in [4.69, 9.17) is 9.47 Å². The third-order valence-corrected chi connectivity index (χ3v) is 3.67. The number of nitrogens with zero attached hydrogens (tertiary/aromatic N) is 1. The number of esters is 1. The molecule has 0 radical (unpaired) electrons. The minimum absolute atomic E-state index is 0.173. The van der Waals surface area contributed by atoms with E-state index in [1.807, 2.05) is 60.7 Å². The Morgan fingerprint density at radius 3 is 2.17 bits per heavy atom. The van der Waals surface area contributed by atoms with Crippen molar-refractivity contribution in [2.45, 2.75) is 19.2 Å². The van der Waals surface area contributed by atoms with Crippen LogP contribution < -0.4 is 0 Å². The number of carbonyl (C=O) groups is 2. The average molecular weight is 311 g/mol. The molecule has 1 amide bonds. The number of hydrogen-bond donors (Lipinski definition) is 0. The number of ether oxygens (including phenoxy) is 2. The molecular weight excluding hydrogens is 294 g/mol. The average Bonchev–Trinajstić information content (AvgIpc) is 2.59. The normalized spacial score (nSPS) is 16.2. The van der Waals surface area contributed by atoms with Gasteiger partial charge >= 0.3 is 12.1 Å². The maximum atomic E-state index is 12.4. The van der Waals surface area contributed by atoms with E-state index in [1.165, 1.54) is 4.90 Å². The second-order valence-corrected chi connectivity index (χ2v) is 5.30. The van der Waals surface area contributed by atoms with Crippen LogP contribution in [0.25, 0.3) is 0 Å². The molecule has 0 aliphatic carbocycles. The highest BCUT2D eigenvalue weighted by Gasteiger charge is 2.39. The molecule has 5 heteroatoms. The quantitative estimate of drug-likeness (QED) is 0.797. The summed E-state index contributed by atoms with van der Waals surface area (Å²) >= 11 is 0. The van der Waals surface area contributed by atoms with Crippen molar-refractivity contribution in [1.29, 1.82) is 0 Å². The van der Waals surface area contributed by atoms with Gasteiger partial charge in [-0.25, -0.2) is 9.59 Å². The van der Waals surface area contributed by atoms with Crippen LogP contribution >= 0.6 is 0 Å². The van der Waals surface area contributed by atoms with Gasteiger partial charge in [0, 0.05) is 0 Å². The standard InChI is InChI=1S/C18H17NO4/c20-17-16(13-22-17)19(11-14-7-3-1-4-8-14)18(21)23-12-15-9-5-2-6-10-15/h1-10,16H,11-13H2/t16-/m0/s1. The molecule has 1 aliphatic rings. The summed E-state index contributed by atoms with van der Waals surface area (Å²) in [5.41, 5.74) is 1.83. The van der Waals surface area contributed by atoms with Crippen LogP contribution in [0.3, 0.4) is 0 Å². The van der Waals surface area contributed by atoms with Crippen LogP contribution in [-0.2, 0) is 27.4 Å². The zero-order valence-corrected chi connectivity index (χ0v) is 12.6. The fourth-order valence-electron chi connectivity index (χ4n) is 2.33. The third-order valence-electron chi connectivity index (χ3n) is 3.67. The Labute approximate surface area is 134 Å². The van der Waals surface area contributed by atoms with Crippen molar-refractivity contribution in [3.8, 4) is 0 Å². The second-order valence-electron chi connectivity index (χ2n) is 5.30. The van der Waals surface area contributed by atoms with E-state index >= 15 is 0 Å². The molecule has 2 aromatic rings. The summed E-state index contributed by atoms with van der Waals surface area (Å²) < 4.78 is 10.1. The van der Waals surface area contributed by atoms with Gasteiger partial charge < -0.3 is 9.47 Å². The van der Waals surface area contributed by atoms with Gasteiger partial charge in [0.15, 0.2) is 6.04 Å². The van der Waals surface area contributed by atoms with E-state index in [0.717, 1.165) is 11.1 Å². The molecule has 0 N–H and O–H groups in total.